The molecule has 1 aliphatic rings. The molecule has 0 unspecified atom stereocenters. The minimum absolute atomic E-state index is 0.305. The predicted octanol–water partition coefficient (Wildman–Crippen LogP) is 2.76. The van der Waals surface area contributed by atoms with Gasteiger partial charge in [0.05, 0.1) is 11.1 Å². The molecule has 0 bridgehead atoms. The lowest BCUT2D eigenvalue weighted by Crippen LogP contribution is -2.30. The normalized spacial score (nSPS) is 13.1. The number of imide groups is 1. The molecule has 0 radical (unpaired) electrons. The number of aromatic nitrogens is 1. The molecule has 2 aromatic carbocycles. The maximum Gasteiger partial charge on any atom is 0.319 e. The van der Waals surface area contributed by atoms with Crippen molar-refractivity contribution in [2.75, 3.05) is 18.9 Å². The van der Waals surface area contributed by atoms with Crippen LogP contribution in [0.1, 0.15) is 26.3 Å². The number of H-pyrrole nitrogens is 1. The maximum absolute atomic E-state index is 12.1. The van der Waals surface area contributed by atoms with E-state index in [0.29, 0.717) is 29.8 Å². The number of hydrogen-bond acceptors (Lipinski definition) is 3. The van der Waals surface area contributed by atoms with Gasteiger partial charge >= 0.3 is 6.03 Å². The molecule has 136 valence electrons. The average Bonchev–Trinajstić information content (AvgIpc) is 3.17. The molecule has 27 heavy (non-hydrogen) atoms. The number of carbonyl (C=O) groups excluding carboxylic acids is 3. The van der Waals surface area contributed by atoms with E-state index in [1.165, 1.54) is 13.1 Å². The average molecular weight is 362 g/mol. The summed E-state index contributed by atoms with van der Waals surface area (Å²) in [6, 6.07) is 12.3. The topological polar surface area (TPSA) is 94.3 Å². The van der Waals surface area contributed by atoms with E-state index < -0.39 is 0 Å². The fourth-order valence-electron chi connectivity index (χ4n) is 3.26. The minimum Gasteiger partial charge on any atom is -0.361 e. The minimum atomic E-state index is -0.363. The largest absolute Gasteiger partial charge is 0.361 e. The quantitative estimate of drug-likeness (QED) is 0.623. The summed E-state index contributed by atoms with van der Waals surface area (Å²) in [6.07, 6.45) is 2.64. The van der Waals surface area contributed by atoms with Crippen LogP contribution in [0.4, 0.5) is 10.5 Å². The van der Waals surface area contributed by atoms with E-state index in [0.717, 1.165) is 21.4 Å². The number of anilines is 1. The van der Waals surface area contributed by atoms with Crippen LogP contribution < -0.4 is 10.6 Å². The Morgan fingerprint density at radius 2 is 1.85 bits per heavy atom. The zero-order valence-electron chi connectivity index (χ0n) is 14.7. The van der Waals surface area contributed by atoms with Crippen molar-refractivity contribution in [3.05, 3.63) is 65.4 Å². The molecule has 0 fully saturated rings. The van der Waals surface area contributed by atoms with E-state index >= 15 is 0 Å². The summed E-state index contributed by atoms with van der Waals surface area (Å²) in [5.74, 6) is -0.692. The second kappa shape index (κ2) is 6.60. The van der Waals surface area contributed by atoms with Crippen LogP contribution in [-0.4, -0.2) is 41.3 Å². The van der Waals surface area contributed by atoms with Crippen LogP contribution in [0.15, 0.2) is 48.7 Å². The Balaban J connectivity index is 1.36. The third-order valence-corrected chi connectivity index (χ3v) is 4.70. The highest BCUT2D eigenvalue weighted by atomic mass is 16.2. The molecular formula is C20H18N4O3. The first-order valence-electron chi connectivity index (χ1n) is 8.61. The Bertz CT molecular complexity index is 1070. The summed E-state index contributed by atoms with van der Waals surface area (Å²) in [4.78, 5) is 40.3. The van der Waals surface area contributed by atoms with Crippen LogP contribution >= 0.6 is 0 Å². The Morgan fingerprint density at radius 3 is 2.70 bits per heavy atom. The summed E-state index contributed by atoms with van der Waals surface area (Å²) >= 11 is 0. The van der Waals surface area contributed by atoms with Crippen LogP contribution in [0.3, 0.4) is 0 Å². The summed E-state index contributed by atoms with van der Waals surface area (Å²) in [5.41, 5.74) is 3.33. The number of carbonyl (C=O) groups is 3. The van der Waals surface area contributed by atoms with Gasteiger partial charge in [-0.05, 0) is 36.2 Å². The van der Waals surface area contributed by atoms with Crippen LogP contribution in [0.2, 0.25) is 0 Å². The highest BCUT2D eigenvalue weighted by molar-refractivity contribution is 6.21. The van der Waals surface area contributed by atoms with Crippen LogP contribution in [-0.2, 0) is 6.42 Å². The molecule has 7 nitrogen and oxygen atoms in total. The zero-order valence-corrected chi connectivity index (χ0v) is 14.7. The molecule has 0 aliphatic carbocycles. The lowest BCUT2D eigenvalue weighted by atomic mass is 10.1. The second-order valence-corrected chi connectivity index (χ2v) is 6.42. The van der Waals surface area contributed by atoms with Gasteiger partial charge in [-0.2, -0.15) is 0 Å². The first-order valence-corrected chi connectivity index (χ1v) is 8.61. The number of para-hydroxylation sites is 1. The first kappa shape index (κ1) is 16.8. The molecule has 1 aliphatic heterocycles. The fraction of sp³-hybridized carbons (Fsp3) is 0.150. The Kier molecular flexibility index (Phi) is 4.12. The van der Waals surface area contributed by atoms with Crippen LogP contribution in [0, 0.1) is 0 Å². The fourth-order valence-corrected chi connectivity index (χ4v) is 3.26. The number of urea groups is 1. The summed E-state index contributed by atoms with van der Waals surface area (Å²) < 4.78 is 0. The number of nitrogens with zero attached hydrogens (tertiary/aromatic N) is 1. The van der Waals surface area contributed by atoms with Crippen LogP contribution in [0.5, 0.6) is 0 Å². The van der Waals surface area contributed by atoms with Gasteiger partial charge in [0.2, 0.25) is 0 Å². The van der Waals surface area contributed by atoms with Gasteiger partial charge < -0.3 is 15.6 Å². The van der Waals surface area contributed by atoms with E-state index in [1.54, 1.807) is 12.1 Å². The van der Waals surface area contributed by atoms with Crippen molar-refractivity contribution in [2.45, 2.75) is 6.42 Å². The van der Waals surface area contributed by atoms with Gasteiger partial charge in [0, 0.05) is 36.4 Å². The third-order valence-electron chi connectivity index (χ3n) is 4.70. The van der Waals surface area contributed by atoms with E-state index in [4.69, 9.17) is 0 Å². The van der Waals surface area contributed by atoms with Gasteiger partial charge in [-0.3, -0.25) is 14.5 Å². The van der Waals surface area contributed by atoms with Gasteiger partial charge in [0.15, 0.2) is 0 Å². The first-order chi connectivity index (χ1) is 13.0. The van der Waals surface area contributed by atoms with E-state index in [2.05, 4.69) is 15.6 Å². The highest BCUT2D eigenvalue weighted by Gasteiger charge is 2.32. The Hall–Kier alpha value is -3.61. The molecule has 4 rings (SSSR count). The zero-order chi connectivity index (χ0) is 19.0. The maximum atomic E-state index is 12.1. The molecule has 0 atom stereocenters. The van der Waals surface area contributed by atoms with Crippen molar-refractivity contribution < 1.29 is 14.4 Å². The number of amides is 4. The van der Waals surface area contributed by atoms with E-state index in [9.17, 15) is 14.4 Å². The lowest BCUT2D eigenvalue weighted by molar-refractivity contribution is 0.0693. The van der Waals surface area contributed by atoms with Crippen molar-refractivity contribution in [3.8, 4) is 0 Å². The third kappa shape index (κ3) is 3.03. The highest BCUT2D eigenvalue weighted by Crippen LogP contribution is 2.24. The number of fused-ring (bicyclic) bond motifs is 2. The number of aromatic amines is 1. The van der Waals surface area contributed by atoms with Crippen molar-refractivity contribution in [1.29, 1.82) is 0 Å². The monoisotopic (exact) mass is 362 g/mol. The second-order valence-electron chi connectivity index (χ2n) is 6.42. The van der Waals surface area contributed by atoms with Gasteiger partial charge in [0.1, 0.15) is 0 Å². The number of hydrogen-bond donors (Lipinski definition) is 3. The van der Waals surface area contributed by atoms with E-state index in [1.807, 2.05) is 30.5 Å². The van der Waals surface area contributed by atoms with Crippen LogP contribution in [0.25, 0.3) is 10.9 Å². The molecule has 7 heteroatoms. The summed E-state index contributed by atoms with van der Waals surface area (Å²) in [5, 5.41) is 6.65. The van der Waals surface area contributed by atoms with Gasteiger partial charge in [-0.25, -0.2) is 4.79 Å². The predicted molar refractivity (Wildman–Crippen MR) is 102 cm³/mol. The van der Waals surface area contributed by atoms with Crippen molar-refractivity contribution >= 4 is 34.4 Å². The Labute approximate surface area is 155 Å². The smallest absolute Gasteiger partial charge is 0.319 e. The number of nitrogens with one attached hydrogen (secondary N) is 3. The SMILES string of the molecule is CN1C(=O)c2ccc(NC(=O)NCCc3c[nH]c4ccccc34)cc2C1=O. The number of rotatable bonds is 4. The van der Waals surface area contributed by atoms with Gasteiger partial charge in [0.25, 0.3) is 11.8 Å². The lowest BCUT2D eigenvalue weighted by Gasteiger charge is -2.08. The van der Waals surface area contributed by atoms with E-state index in [-0.39, 0.29) is 17.8 Å². The standard InChI is InChI=1S/C20H18N4O3/c1-24-18(25)15-7-6-13(10-16(15)19(24)26)23-20(27)21-9-8-12-11-22-17-5-3-2-4-14(12)17/h2-7,10-11,22H,8-9H2,1H3,(H2,21,23,27). The Morgan fingerprint density at radius 1 is 1.07 bits per heavy atom. The summed E-state index contributed by atoms with van der Waals surface area (Å²) in [6.45, 7) is 0.471. The molecule has 0 saturated heterocycles. The molecule has 2 heterocycles. The molecule has 0 spiro atoms. The molecule has 4 amide bonds. The van der Waals surface area contributed by atoms with Crippen molar-refractivity contribution in [2.24, 2.45) is 0 Å². The number of benzene rings is 2. The summed E-state index contributed by atoms with van der Waals surface area (Å²) in [7, 11) is 1.44. The van der Waals surface area contributed by atoms with Gasteiger partial charge in [-0.1, -0.05) is 18.2 Å². The molecule has 0 saturated carbocycles. The molecule has 1 aromatic heterocycles. The molecule has 3 N–H and O–H groups in total. The molecule has 3 aromatic rings. The molecular weight excluding hydrogens is 344 g/mol. The van der Waals surface area contributed by atoms with Crippen molar-refractivity contribution in [3.63, 3.8) is 0 Å². The van der Waals surface area contributed by atoms with Gasteiger partial charge in [-0.15, -0.1) is 0 Å². The van der Waals surface area contributed by atoms with Crippen molar-refractivity contribution in [1.82, 2.24) is 15.2 Å².